The molecular formula is C33H34ClN7O8. The van der Waals surface area contributed by atoms with Crippen molar-refractivity contribution < 1.29 is 38.4 Å². The Morgan fingerprint density at radius 3 is 2.49 bits per heavy atom. The highest BCUT2D eigenvalue weighted by Gasteiger charge is 2.68. The minimum absolute atomic E-state index is 0.0180. The number of anilines is 4. The van der Waals surface area contributed by atoms with Gasteiger partial charge in [0.25, 0.3) is 0 Å². The van der Waals surface area contributed by atoms with Crippen LogP contribution < -0.4 is 24.6 Å². The van der Waals surface area contributed by atoms with Crippen molar-refractivity contribution in [3.05, 3.63) is 52.8 Å². The Kier molecular flexibility index (Phi) is 7.78. The van der Waals surface area contributed by atoms with E-state index in [-0.39, 0.29) is 22.8 Å². The highest BCUT2D eigenvalue weighted by atomic mass is 35.5. The molecule has 2 aromatic carbocycles. The first kappa shape index (κ1) is 32.4. The van der Waals surface area contributed by atoms with E-state index in [1.807, 2.05) is 11.0 Å². The third kappa shape index (κ3) is 5.42. The zero-order valence-corrected chi connectivity index (χ0v) is 28.2. The van der Waals surface area contributed by atoms with Gasteiger partial charge < -0.3 is 34.3 Å². The molecule has 0 radical (unpaired) electrons. The second-order valence-corrected chi connectivity index (χ2v) is 13.3. The number of imide groups is 1. The molecule has 1 saturated heterocycles. The number of amides is 2. The highest BCUT2D eigenvalue weighted by Crippen LogP contribution is 2.67. The monoisotopic (exact) mass is 691 g/mol. The van der Waals surface area contributed by atoms with Gasteiger partial charge in [0.15, 0.2) is 17.5 Å². The zero-order valence-electron chi connectivity index (χ0n) is 27.4. The first-order valence-electron chi connectivity index (χ1n) is 15.6. The summed E-state index contributed by atoms with van der Waals surface area (Å²) in [5.74, 6) is 0.924. The number of ether oxygens (including phenoxy) is 4. The van der Waals surface area contributed by atoms with Crippen molar-refractivity contribution in [2.75, 3.05) is 55.6 Å². The standard InChI is InChI=1S/C33H34ClN7O8/c1-32(2,3)49-31(45)41-23-14-17(21-16-33(21)20-15-18(46-4)7-9-22(20)40(28(33)42)30(43)44)6-8-19(23)25(38-41)35-26-24(47-5)27(37-29(34)36-26)39-10-12-48-13-11-39/h6-9,14-15,21H,10-13,16H2,1-5H3,(H,43,44)(H,35,36,37,38)/t21-,33-/m0/s1. The third-order valence-electron chi connectivity index (χ3n) is 8.91. The molecule has 4 heterocycles. The lowest BCUT2D eigenvalue weighted by Crippen LogP contribution is -2.37. The molecule has 2 aliphatic heterocycles. The maximum atomic E-state index is 13.8. The summed E-state index contributed by atoms with van der Waals surface area (Å²) in [5.41, 5.74) is 0.0777. The van der Waals surface area contributed by atoms with Gasteiger partial charge in [0.05, 0.1) is 44.1 Å². The van der Waals surface area contributed by atoms with E-state index in [2.05, 4.69) is 20.4 Å². The first-order chi connectivity index (χ1) is 23.4. The molecule has 0 unspecified atom stereocenters. The number of rotatable bonds is 6. The van der Waals surface area contributed by atoms with Crippen molar-refractivity contribution in [3.8, 4) is 11.5 Å². The molecule has 4 aromatic rings. The van der Waals surface area contributed by atoms with Gasteiger partial charge in [0.1, 0.15) is 11.4 Å². The van der Waals surface area contributed by atoms with Crippen molar-refractivity contribution in [1.82, 2.24) is 19.7 Å². The second-order valence-electron chi connectivity index (χ2n) is 13.0. The number of hydrogen-bond acceptors (Lipinski definition) is 12. The summed E-state index contributed by atoms with van der Waals surface area (Å²) in [6, 6.07) is 10.3. The third-order valence-corrected chi connectivity index (χ3v) is 9.08. The number of nitrogens with one attached hydrogen (secondary N) is 1. The van der Waals surface area contributed by atoms with Gasteiger partial charge in [-0.1, -0.05) is 6.07 Å². The lowest BCUT2D eigenvalue weighted by molar-refractivity contribution is -0.119. The van der Waals surface area contributed by atoms with Crippen LogP contribution in [0.25, 0.3) is 10.9 Å². The molecule has 1 saturated carbocycles. The van der Waals surface area contributed by atoms with Gasteiger partial charge in [0.2, 0.25) is 16.9 Å². The Morgan fingerprint density at radius 2 is 1.82 bits per heavy atom. The number of carbonyl (C=O) groups is 3. The van der Waals surface area contributed by atoms with Gasteiger partial charge >= 0.3 is 12.2 Å². The van der Waals surface area contributed by atoms with Crippen LogP contribution in [0.3, 0.4) is 0 Å². The molecule has 2 amide bonds. The van der Waals surface area contributed by atoms with Gasteiger partial charge in [-0.2, -0.15) is 14.6 Å². The van der Waals surface area contributed by atoms with Gasteiger partial charge in [-0.05, 0) is 80.3 Å². The van der Waals surface area contributed by atoms with Crippen LogP contribution in [0, 0.1) is 0 Å². The molecule has 2 N–H and O–H groups in total. The molecular weight excluding hydrogens is 658 g/mol. The maximum absolute atomic E-state index is 13.8. The van der Waals surface area contributed by atoms with Gasteiger partial charge in [-0.25, -0.2) is 14.5 Å². The molecule has 3 aliphatic rings. The van der Waals surface area contributed by atoms with E-state index in [1.165, 1.54) is 14.2 Å². The Balaban J connectivity index is 1.31. The molecule has 2 fully saturated rings. The number of morpholine rings is 1. The summed E-state index contributed by atoms with van der Waals surface area (Å²) < 4.78 is 23.5. The minimum Gasteiger partial charge on any atom is -0.497 e. The Bertz CT molecular complexity index is 2020. The van der Waals surface area contributed by atoms with Crippen molar-refractivity contribution in [2.45, 2.75) is 44.1 Å². The molecule has 2 aromatic heterocycles. The molecule has 2 atom stereocenters. The average Bonchev–Trinajstić information content (AvgIpc) is 3.65. The molecule has 1 spiro atoms. The van der Waals surface area contributed by atoms with E-state index in [1.54, 1.807) is 51.1 Å². The van der Waals surface area contributed by atoms with E-state index in [9.17, 15) is 19.5 Å². The molecule has 256 valence electrons. The highest BCUT2D eigenvalue weighted by molar-refractivity contribution is 6.28. The normalized spacial score (nSPS) is 20.0. The molecule has 7 rings (SSSR count). The summed E-state index contributed by atoms with van der Waals surface area (Å²) in [6.07, 6.45) is -1.71. The Labute approximate surface area is 285 Å². The number of carboxylic acid groups (broad SMARTS) is 1. The quantitative estimate of drug-likeness (QED) is 0.250. The lowest BCUT2D eigenvalue weighted by Gasteiger charge is -2.29. The topological polar surface area (TPSA) is 170 Å². The largest absolute Gasteiger partial charge is 0.497 e. The fraction of sp³-hybridized carbons (Fsp3) is 0.394. The summed E-state index contributed by atoms with van der Waals surface area (Å²) in [5, 5.41) is 18.3. The minimum atomic E-state index is -1.36. The Hall–Kier alpha value is -5.15. The SMILES string of the molecule is COc1ccc2c(c1)[C@]1(C[C@H]1c1ccc3c(Nc4nc(Cl)nc(N5CCOCC5)c4OC)nn(C(=O)OC(C)(C)C)c3c1)C(=O)N2C(=O)O. The number of hydrogen-bond donors (Lipinski definition) is 2. The number of benzene rings is 2. The summed E-state index contributed by atoms with van der Waals surface area (Å²) in [6.45, 7) is 7.44. The van der Waals surface area contributed by atoms with Gasteiger partial charge in [-0.15, -0.1) is 5.10 Å². The summed E-state index contributed by atoms with van der Waals surface area (Å²) in [4.78, 5) is 51.1. The van der Waals surface area contributed by atoms with Crippen LogP contribution in [0.4, 0.5) is 32.7 Å². The van der Waals surface area contributed by atoms with Crippen LogP contribution in [0.1, 0.15) is 44.2 Å². The van der Waals surface area contributed by atoms with Gasteiger partial charge in [-0.3, -0.25) is 4.79 Å². The average molecular weight is 692 g/mol. The van der Waals surface area contributed by atoms with E-state index in [4.69, 9.17) is 30.5 Å². The predicted molar refractivity (Wildman–Crippen MR) is 179 cm³/mol. The van der Waals surface area contributed by atoms with Crippen LogP contribution in [-0.4, -0.2) is 89.1 Å². The smallest absolute Gasteiger partial charge is 0.435 e. The van der Waals surface area contributed by atoms with Crippen LogP contribution >= 0.6 is 11.6 Å². The fourth-order valence-electron chi connectivity index (χ4n) is 6.68. The summed E-state index contributed by atoms with van der Waals surface area (Å²) in [7, 11) is 3.01. The molecule has 16 heteroatoms. The lowest BCUT2D eigenvalue weighted by atomic mass is 9.91. The molecule has 1 aliphatic carbocycles. The van der Waals surface area contributed by atoms with E-state index in [0.717, 1.165) is 15.1 Å². The zero-order chi connectivity index (χ0) is 34.8. The van der Waals surface area contributed by atoms with Crippen LogP contribution in [0.5, 0.6) is 11.5 Å². The van der Waals surface area contributed by atoms with Crippen LogP contribution in [0.15, 0.2) is 36.4 Å². The van der Waals surface area contributed by atoms with Crippen molar-refractivity contribution >= 4 is 63.7 Å². The maximum Gasteiger partial charge on any atom is 0.435 e. The van der Waals surface area contributed by atoms with Crippen LogP contribution in [-0.2, 0) is 19.7 Å². The first-order valence-corrected chi connectivity index (χ1v) is 16.0. The molecule has 49 heavy (non-hydrogen) atoms. The van der Waals surface area contributed by atoms with E-state index < -0.39 is 29.1 Å². The number of nitrogens with zero attached hydrogens (tertiary/aromatic N) is 6. The Morgan fingerprint density at radius 1 is 1.06 bits per heavy atom. The second kappa shape index (κ2) is 11.8. The fourth-order valence-corrected chi connectivity index (χ4v) is 6.84. The molecule has 0 bridgehead atoms. The van der Waals surface area contributed by atoms with Crippen molar-refractivity contribution in [3.63, 3.8) is 0 Å². The number of halogens is 1. The van der Waals surface area contributed by atoms with E-state index >= 15 is 0 Å². The van der Waals surface area contributed by atoms with Crippen LogP contribution in [0.2, 0.25) is 5.28 Å². The summed E-state index contributed by atoms with van der Waals surface area (Å²) >= 11 is 6.38. The van der Waals surface area contributed by atoms with E-state index in [0.29, 0.717) is 72.2 Å². The van der Waals surface area contributed by atoms with Crippen molar-refractivity contribution in [1.29, 1.82) is 0 Å². The predicted octanol–water partition coefficient (Wildman–Crippen LogP) is 5.31. The number of aromatic nitrogens is 4. The number of fused-ring (bicyclic) bond motifs is 3. The number of methoxy groups -OCH3 is 2. The molecule has 15 nitrogen and oxygen atoms in total. The van der Waals surface area contributed by atoms with Crippen molar-refractivity contribution in [2.24, 2.45) is 0 Å². The van der Waals surface area contributed by atoms with Gasteiger partial charge in [0, 0.05) is 24.4 Å². The number of carbonyl (C=O) groups excluding carboxylic acids is 2.